The number of hydrogen-bond acceptors (Lipinski definition) is 7. The number of hydrogen-bond donors (Lipinski definition) is 4. The Kier molecular flexibility index (Phi) is 8.13. The minimum absolute atomic E-state index is 0.0551. The highest BCUT2D eigenvalue weighted by Gasteiger charge is 2.44. The summed E-state index contributed by atoms with van der Waals surface area (Å²) in [6.07, 6.45) is 6.77. The highest BCUT2D eigenvalue weighted by atomic mass is 16.2. The number of aromatic amines is 2. The predicted molar refractivity (Wildman–Crippen MR) is 148 cm³/mol. The van der Waals surface area contributed by atoms with Gasteiger partial charge in [-0.05, 0) is 29.9 Å². The summed E-state index contributed by atoms with van der Waals surface area (Å²) in [6, 6.07) is 3.44. The Bertz CT molecular complexity index is 1410. The fraction of sp³-hybridized carbons (Fsp3) is 0.464. The number of benzene rings is 1. The van der Waals surface area contributed by atoms with Crippen LogP contribution in [0.5, 0.6) is 0 Å². The number of carbonyl (C=O) groups is 4. The lowest BCUT2D eigenvalue weighted by Gasteiger charge is -2.33. The maximum atomic E-state index is 14.0. The molecule has 4 atom stereocenters. The third-order valence-corrected chi connectivity index (χ3v) is 8.09. The maximum absolute atomic E-state index is 14.0. The van der Waals surface area contributed by atoms with Crippen molar-refractivity contribution in [3.63, 3.8) is 0 Å². The van der Waals surface area contributed by atoms with Crippen molar-refractivity contribution >= 4 is 29.3 Å². The molecule has 0 radical (unpaired) electrons. The van der Waals surface area contributed by atoms with E-state index in [-0.39, 0.29) is 36.6 Å². The van der Waals surface area contributed by atoms with E-state index < -0.39 is 24.0 Å². The molecule has 0 bridgehead atoms. The summed E-state index contributed by atoms with van der Waals surface area (Å²) in [5, 5.41) is 16.0. The van der Waals surface area contributed by atoms with Crippen molar-refractivity contribution in [2.75, 3.05) is 11.9 Å². The fourth-order valence-corrected chi connectivity index (χ4v) is 5.70. The summed E-state index contributed by atoms with van der Waals surface area (Å²) in [6.45, 7) is 4.04. The van der Waals surface area contributed by atoms with Crippen LogP contribution in [0.2, 0.25) is 0 Å². The van der Waals surface area contributed by atoms with Crippen molar-refractivity contribution in [3.8, 4) is 0 Å². The average molecular weight is 562 g/mol. The lowest BCUT2D eigenvalue weighted by atomic mass is 9.95. The number of para-hydroxylation sites is 1. The number of nitrogens with zero attached hydrogens (tertiary/aromatic N) is 5. The molecule has 0 aliphatic carbocycles. The highest BCUT2D eigenvalue weighted by Crippen LogP contribution is 2.39. The SMILES string of the molecule is CC[C@H](C)[C@@H](C(=O)N[C@H]1CCc2cccc3c2N(C1=O)[C@H](C(=O)NCc1c[nH]nn1)C3)N(C)C(=O)Cc1c[nH]cn1. The molecular formula is C28H35N9O4. The Morgan fingerprint density at radius 2 is 2.00 bits per heavy atom. The number of H-pyrrole nitrogens is 2. The van der Waals surface area contributed by atoms with Crippen LogP contribution in [0, 0.1) is 5.92 Å². The molecule has 13 heteroatoms. The second-order valence-corrected chi connectivity index (χ2v) is 10.7. The molecular weight excluding hydrogens is 526 g/mol. The van der Waals surface area contributed by atoms with Gasteiger partial charge in [0.15, 0.2) is 0 Å². The lowest BCUT2D eigenvalue weighted by molar-refractivity contribution is -0.141. The molecule has 0 unspecified atom stereocenters. The third kappa shape index (κ3) is 5.70. The van der Waals surface area contributed by atoms with E-state index in [1.54, 1.807) is 24.3 Å². The van der Waals surface area contributed by atoms with Gasteiger partial charge in [0, 0.05) is 25.9 Å². The van der Waals surface area contributed by atoms with Crippen LogP contribution in [0.1, 0.15) is 49.2 Å². The number of amides is 4. The molecule has 2 aliphatic rings. The Hall–Kier alpha value is -4.55. The van der Waals surface area contributed by atoms with Gasteiger partial charge in [0.25, 0.3) is 0 Å². The van der Waals surface area contributed by atoms with Gasteiger partial charge >= 0.3 is 0 Å². The minimum atomic E-state index is -0.854. The minimum Gasteiger partial charge on any atom is -0.351 e. The van der Waals surface area contributed by atoms with Crippen molar-refractivity contribution in [2.45, 2.75) is 70.6 Å². The first-order valence-corrected chi connectivity index (χ1v) is 13.9. The van der Waals surface area contributed by atoms with Gasteiger partial charge in [0.2, 0.25) is 23.6 Å². The molecule has 2 aromatic heterocycles. The number of imidazole rings is 1. The quantitative estimate of drug-likeness (QED) is 0.282. The zero-order valence-corrected chi connectivity index (χ0v) is 23.4. The molecule has 0 fully saturated rings. The van der Waals surface area contributed by atoms with Gasteiger partial charge in [-0.15, -0.1) is 5.10 Å². The molecule has 4 amide bonds. The first kappa shape index (κ1) is 28.0. The monoisotopic (exact) mass is 561 g/mol. The second kappa shape index (κ2) is 11.9. The van der Waals surface area contributed by atoms with Crippen molar-refractivity contribution in [3.05, 3.63) is 59.4 Å². The van der Waals surface area contributed by atoms with Gasteiger partial charge in [-0.3, -0.25) is 29.2 Å². The molecule has 1 aromatic carbocycles. The Labute approximate surface area is 237 Å². The number of nitrogens with one attached hydrogen (secondary N) is 4. The van der Waals surface area contributed by atoms with E-state index in [4.69, 9.17) is 0 Å². The first-order valence-electron chi connectivity index (χ1n) is 13.9. The van der Waals surface area contributed by atoms with Crippen molar-refractivity contribution in [1.29, 1.82) is 0 Å². The predicted octanol–water partition coefficient (Wildman–Crippen LogP) is 0.649. The number of rotatable bonds is 10. The molecule has 0 saturated heterocycles. The highest BCUT2D eigenvalue weighted by molar-refractivity contribution is 6.08. The molecule has 4 heterocycles. The van der Waals surface area contributed by atoms with E-state index in [1.807, 2.05) is 32.0 Å². The third-order valence-electron chi connectivity index (χ3n) is 8.09. The number of carbonyl (C=O) groups excluding carboxylic acids is 4. The number of anilines is 1. The molecule has 13 nitrogen and oxygen atoms in total. The van der Waals surface area contributed by atoms with Crippen LogP contribution in [0.25, 0.3) is 0 Å². The Morgan fingerprint density at radius 1 is 1.20 bits per heavy atom. The van der Waals surface area contributed by atoms with Crippen molar-refractivity contribution in [2.24, 2.45) is 5.92 Å². The Balaban J connectivity index is 1.35. The van der Waals surface area contributed by atoms with Crippen molar-refractivity contribution < 1.29 is 19.2 Å². The largest absolute Gasteiger partial charge is 0.351 e. The first-order chi connectivity index (χ1) is 19.8. The zero-order chi connectivity index (χ0) is 29.1. The van der Waals surface area contributed by atoms with Gasteiger partial charge in [-0.2, -0.15) is 0 Å². The molecule has 0 saturated carbocycles. The van der Waals surface area contributed by atoms with Crippen LogP contribution < -0.4 is 15.5 Å². The van der Waals surface area contributed by atoms with E-state index in [1.165, 1.54) is 11.2 Å². The second-order valence-electron chi connectivity index (χ2n) is 10.7. The summed E-state index contributed by atoms with van der Waals surface area (Å²) in [4.78, 5) is 64.1. The molecule has 4 N–H and O–H groups in total. The van der Waals surface area contributed by atoms with Gasteiger partial charge in [-0.25, -0.2) is 4.98 Å². The Morgan fingerprint density at radius 3 is 2.71 bits per heavy atom. The fourth-order valence-electron chi connectivity index (χ4n) is 5.70. The van der Waals surface area contributed by atoms with E-state index in [9.17, 15) is 19.2 Å². The smallest absolute Gasteiger partial charge is 0.250 e. The molecule has 2 aliphatic heterocycles. The molecule has 3 aromatic rings. The van der Waals surface area contributed by atoms with Crippen LogP contribution in [-0.4, -0.2) is 79.1 Å². The van der Waals surface area contributed by atoms with Gasteiger partial charge < -0.3 is 20.5 Å². The summed E-state index contributed by atoms with van der Waals surface area (Å²) >= 11 is 0. The zero-order valence-electron chi connectivity index (χ0n) is 23.4. The number of likely N-dealkylation sites (N-methyl/N-ethyl adjacent to an activating group) is 1. The summed E-state index contributed by atoms with van der Waals surface area (Å²) in [5.74, 6) is -1.44. The molecule has 5 rings (SSSR count). The maximum Gasteiger partial charge on any atom is 0.250 e. The number of aryl methyl sites for hydroxylation is 1. The van der Waals surface area contributed by atoms with E-state index >= 15 is 0 Å². The average Bonchev–Trinajstić information content (AvgIpc) is 3.73. The normalized spacial score (nSPS) is 19.2. The van der Waals surface area contributed by atoms with E-state index in [0.29, 0.717) is 37.1 Å². The molecule has 0 spiro atoms. The molecule has 41 heavy (non-hydrogen) atoms. The summed E-state index contributed by atoms with van der Waals surface area (Å²) < 4.78 is 0. The van der Waals surface area contributed by atoms with Crippen LogP contribution in [-0.2, 0) is 45.0 Å². The van der Waals surface area contributed by atoms with Crippen molar-refractivity contribution in [1.82, 2.24) is 40.9 Å². The van der Waals surface area contributed by atoms with E-state index in [0.717, 1.165) is 16.8 Å². The standard InChI is InChI=1S/C28H35N9O4/c1-4-16(2)24(36(3)23(38)11-19-12-29-15-31-19)27(40)33-21-9-8-17-6-5-7-18-10-22(37(25(17)18)28(21)41)26(39)30-13-20-14-32-35-34-20/h5-7,12,14-16,21-22,24H,4,8-11,13H2,1-3H3,(H,29,31)(H,30,39)(H,33,40)(H,32,34,35)/t16-,21-,22-,24-/m0/s1. The van der Waals surface area contributed by atoms with Gasteiger partial charge in [0.05, 0.1) is 30.7 Å². The van der Waals surface area contributed by atoms with Crippen LogP contribution in [0.4, 0.5) is 5.69 Å². The summed E-state index contributed by atoms with van der Waals surface area (Å²) in [5.41, 5.74) is 3.79. The van der Waals surface area contributed by atoms with Crippen LogP contribution in [0.3, 0.4) is 0 Å². The summed E-state index contributed by atoms with van der Waals surface area (Å²) in [7, 11) is 1.61. The molecule has 216 valence electrons. The van der Waals surface area contributed by atoms with Gasteiger partial charge in [-0.1, -0.05) is 43.7 Å². The number of aromatic nitrogens is 5. The lowest BCUT2D eigenvalue weighted by Crippen LogP contribution is -2.58. The topological polar surface area (TPSA) is 169 Å². The van der Waals surface area contributed by atoms with Crippen LogP contribution in [0.15, 0.2) is 36.9 Å². The van der Waals surface area contributed by atoms with Gasteiger partial charge in [0.1, 0.15) is 23.8 Å². The van der Waals surface area contributed by atoms with Crippen LogP contribution >= 0.6 is 0 Å². The van der Waals surface area contributed by atoms with E-state index in [2.05, 4.69) is 36.0 Å².